The normalized spacial score (nSPS) is 15.8. The minimum Gasteiger partial charge on any atom is -0.352 e. The van der Waals surface area contributed by atoms with E-state index in [1.807, 2.05) is 11.4 Å². The molecule has 0 saturated carbocycles. The van der Waals surface area contributed by atoms with Gasteiger partial charge in [-0.1, -0.05) is 31.0 Å². The van der Waals surface area contributed by atoms with Gasteiger partial charge in [-0.25, -0.2) is 0 Å². The van der Waals surface area contributed by atoms with E-state index in [1.54, 1.807) is 24.3 Å². The van der Waals surface area contributed by atoms with Gasteiger partial charge in [0.05, 0.1) is 15.6 Å². The number of nitrogens with zero attached hydrogens (tertiary/aromatic N) is 1. The summed E-state index contributed by atoms with van der Waals surface area (Å²) in [5.41, 5.74) is 0.921. The Morgan fingerprint density at radius 2 is 1.96 bits per heavy atom. The molecule has 1 unspecified atom stereocenters. The predicted molar refractivity (Wildman–Crippen MR) is 116 cm³/mol. The summed E-state index contributed by atoms with van der Waals surface area (Å²) in [4.78, 5) is 27.9. The minimum absolute atomic E-state index is 0.159. The molecule has 2 heterocycles. The van der Waals surface area contributed by atoms with Crippen molar-refractivity contribution in [1.82, 2.24) is 10.2 Å². The van der Waals surface area contributed by atoms with Crippen molar-refractivity contribution in [2.45, 2.75) is 26.2 Å². The fourth-order valence-corrected chi connectivity index (χ4v) is 4.15. The van der Waals surface area contributed by atoms with E-state index >= 15 is 0 Å². The molecule has 1 aliphatic rings. The molecule has 1 aliphatic heterocycles. The monoisotopic (exact) mass is 419 g/mol. The highest BCUT2D eigenvalue weighted by Crippen LogP contribution is 2.24. The van der Waals surface area contributed by atoms with Crippen LogP contribution in [0.4, 0.5) is 5.69 Å². The molecule has 150 valence electrons. The second-order valence-corrected chi connectivity index (χ2v) is 8.66. The van der Waals surface area contributed by atoms with Crippen molar-refractivity contribution in [3.05, 3.63) is 51.2 Å². The van der Waals surface area contributed by atoms with Crippen molar-refractivity contribution in [2.24, 2.45) is 5.92 Å². The summed E-state index contributed by atoms with van der Waals surface area (Å²) in [6.07, 6.45) is 3.86. The lowest BCUT2D eigenvalue weighted by atomic mass is 10.1. The Labute approximate surface area is 175 Å². The van der Waals surface area contributed by atoms with Crippen LogP contribution in [0, 0.1) is 5.92 Å². The van der Waals surface area contributed by atoms with Crippen LogP contribution < -0.4 is 10.6 Å². The summed E-state index contributed by atoms with van der Waals surface area (Å²) in [6.45, 7) is 6.09. The average molecular weight is 420 g/mol. The number of halogens is 1. The molecule has 1 fully saturated rings. The zero-order valence-electron chi connectivity index (χ0n) is 16.0. The van der Waals surface area contributed by atoms with E-state index in [2.05, 4.69) is 22.5 Å². The van der Waals surface area contributed by atoms with Crippen molar-refractivity contribution < 1.29 is 9.59 Å². The van der Waals surface area contributed by atoms with E-state index in [0.29, 0.717) is 33.6 Å². The van der Waals surface area contributed by atoms with Crippen molar-refractivity contribution in [1.29, 1.82) is 0 Å². The Morgan fingerprint density at radius 1 is 1.18 bits per heavy atom. The van der Waals surface area contributed by atoms with Gasteiger partial charge in [0.25, 0.3) is 11.8 Å². The van der Waals surface area contributed by atoms with Gasteiger partial charge >= 0.3 is 0 Å². The van der Waals surface area contributed by atoms with Crippen molar-refractivity contribution in [2.75, 3.05) is 31.5 Å². The van der Waals surface area contributed by atoms with Gasteiger partial charge in [-0.15, -0.1) is 11.3 Å². The molecule has 1 aromatic carbocycles. The average Bonchev–Trinajstić information content (AvgIpc) is 3.23. The number of amides is 2. The van der Waals surface area contributed by atoms with Crippen LogP contribution in [-0.2, 0) is 0 Å². The maximum Gasteiger partial charge on any atom is 0.265 e. The van der Waals surface area contributed by atoms with Gasteiger partial charge in [0, 0.05) is 18.7 Å². The molecule has 0 radical (unpaired) electrons. The van der Waals surface area contributed by atoms with Gasteiger partial charge in [-0.2, -0.15) is 0 Å². The van der Waals surface area contributed by atoms with Crippen LogP contribution in [0.5, 0.6) is 0 Å². The fraction of sp³-hybridized carbons (Fsp3) is 0.429. The molecule has 3 rings (SSSR count). The highest BCUT2D eigenvalue weighted by molar-refractivity contribution is 7.12. The number of hydrogen-bond acceptors (Lipinski definition) is 4. The number of nitrogens with one attached hydrogen (secondary N) is 2. The number of hydrogen-bond donors (Lipinski definition) is 2. The first-order chi connectivity index (χ1) is 13.5. The molecular weight excluding hydrogens is 394 g/mol. The summed E-state index contributed by atoms with van der Waals surface area (Å²) in [6, 6.07) is 8.49. The zero-order chi connectivity index (χ0) is 19.9. The fourth-order valence-electron chi connectivity index (χ4n) is 3.37. The maximum atomic E-state index is 12.5. The molecule has 1 aromatic heterocycles. The van der Waals surface area contributed by atoms with Crippen molar-refractivity contribution in [3.63, 3.8) is 0 Å². The molecule has 5 nitrogen and oxygen atoms in total. The molecular formula is C21H26ClN3O2S. The lowest BCUT2D eigenvalue weighted by Gasteiger charge is -2.29. The van der Waals surface area contributed by atoms with Crippen LogP contribution in [0.2, 0.25) is 5.02 Å². The molecule has 2 N–H and O–H groups in total. The van der Waals surface area contributed by atoms with Gasteiger partial charge in [-0.05, 0) is 61.5 Å². The summed E-state index contributed by atoms with van der Waals surface area (Å²) in [7, 11) is 0. The number of likely N-dealkylation sites (tertiary alicyclic amines) is 1. The van der Waals surface area contributed by atoms with E-state index in [1.165, 1.54) is 30.6 Å². The van der Waals surface area contributed by atoms with Gasteiger partial charge in [-0.3, -0.25) is 9.59 Å². The Kier molecular flexibility index (Phi) is 7.48. The van der Waals surface area contributed by atoms with Crippen LogP contribution in [0.15, 0.2) is 35.7 Å². The first-order valence-electron chi connectivity index (χ1n) is 9.68. The largest absolute Gasteiger partial charge is 0.352 e. The van der Waals surface area contributed by atoms with E-state index in [-0.39, 0.29) is 11.8 Å². The Bertz CT molecular complexity index is 804. The lowest BCUT2D eigenvalue weighted by molar-refractivity contribution is 0.0941. The first kappa shape index (κ1) is 20.8. The number of anilines is 1. The van der Waals surface area contributed by atoms with Gasteiger partial charge < -0.3 is 15.5 Å². The van der Waals surface area contributed by atoms with E-state index in [9.17, 15) is 9.59 Å². The van der Waals surface area contributed by atoms with E-state index < -0.39 is 0 Å². The summed E-state index contributed by atoms with van der Waals surface area (Å²) in [5.74, 6) is -0.00857. The van der Waals surface area contributed by atoms with Gasteiger partial charge in [0.1, 0.15) is 0 Å². The molecule has 2 aromatic rings. The number of carbonyl (C=O) groups excluding carboxylic acids is 2. The second-order valence-electron chi connectivity index (χ2n) is 7.30. The standard InChI is InChI=1S/C21H26ClN3O2S/c1-15(14-25-9-3-2-4-10-25)13-23-20(26)16-7-8-17(22)18(12-16)24-21(27)19-6-5-11-28-19/h5-8,11-12,15H,2-4,9-10,13-14H2,1H3,(H,23,26)(H,24,27). The smallest absolute Gasteiger partial charge is 0.265 e. The minimum atomic E-state index is -0.232. The third kappa shape index (κ3) is 5.80. The summed E-state index contributed by atoms with van der Waals surface area (Å²) in [5, 5.41) is 8.02. The van der Waals surface area contributed by atoms with Gasteiger partial charge in [0.2, 0.25) is 0 Å². The topological polar surface area (TPSA) is 61.4 Å². The van der Waals surface area contributed by atoms with Crippen LogP contribution in [-0.4, -0.2) is 42.9 Å². The molecule has 0 spiro atoms. The lowest BCUT2D eigenvalue weighted by Crippen LogP contribution is -2.38. The molecule has 0 aliphatic carbocycles. The second kappa shape index (κ2) is 10.0. The molecule has 0 bridgehead atoms. The molecule has 1 atom stereocenters. The Balaban J connectivity index is 1.55. The number of carbonyl (C=O) groups is 2. The van der Waals surface area contributed by atoms with Crippen LogP contribution >= 0.6 is 22.9 Å². The Morgan fingerprint density at radius 3 is 2.68 bits per heavy atom. The Hall–Kier alpha value is -1.89. The van der Waals surface area contributed by atoms with Crippen molar-refractivity contribution >= 4 is 40.4 Å². The van der Waals surface area contributed by atoms with E-state index in [0.717, 1.165) is 19.6 Å². The number of benzene rings is 1. The van der Waals surface area contributed by atoms with Gasteiger partial charge in [0.15, 0.2) is 0 Å². The zero-order valence-corrected chi connectivity index (χ0v) is 17.6. The third-order valence-electron chi connectivity index (χ3n) is 4.85. The summed E-state index contributed by atoms with van der Waals surface area (Å²) < 4.78 is 0. The predicted octanol–water partition coefficient (Wildman–Crippen LogP) is 4.51. The first-order valence-corrected chi connectivity index (χ1v) is 10.9. The quantitative estimate of drug-likeness (QED) is 0.694. The van der Waals surface area contributed by atoms with Crippen molar-refractivity contribution in [3.8, 4) is 0 Å². The maximum absolute atomic E-state index is 12.5. The van der Waals surface area contributed by atoms with Crippen LogP contribution in [0.3, 0.4) is 0 Å². The number of piperidine rings is 1. The molecule has 28 heavy (non-hydrogen) atoms. The third-order valence-corrected chi connectivity index (χ3v) is 6.05. The molecule has 2 amide bonds. The number of rotatable bonds is 7. The highest BCUT2D eigenvalue weighted by Gasteiger charge is 2.16. The molecule has 1 saturated heterocycles. The molecule has 7 heteroatoms. The van der Waals surface area contributed by atoms with Crippen LogP contribution in [0.1, 0.15) is 46.2 Å². The number of thiophene rings is 1. The highest BCUT2D eigenvalue weighted by atomic mass is 35.5. The van der Waals surface area contributed by atoms with Crippen LogP contribution in [0.25, 0.3) is 0 Å². The summed E-state index contributed by atoms with van der Waals surface area (Å²) >= 11 is 7.55. The SMILES string of the molecule is CC(CNC(=O)c1ccc(Cl)c(NC(=O)c2cccs2)c1)CN1CCCCC1. The van der Waals surface area contributed by atoms with E-state index in [4.69, 9.17) is 11.6 Å².